The maximum Gasteiger partial charge on any atom is 0.149 e. The summed E-state index contributed by atoms with van der Waals surface area (Å²) in [7, 11) is 0. The van der Waals surface area contributed by atoms with E-state index in [2.05, 4.69) is 118 Å². The summed E-state index contributed by atoms with van der Waals surface area (Å²) in [5.74, 6) is 0.921. The average Bonchev–Trinajstić information content (AvgIpc) is 3.48. The Labute approximate surface area is 282 Å². The molecule has 0 aliphatic carbocycles. The van der Waals surface area contributed by atoms with Gasteiger partial charge in [0, 0.05) is 34.8 Å². The highest BCUT2D eigenvalue weighted by atomic mass is 16.3. The lowest BCUT2D eigenvalue weighted by Crippen LogP contribution is -2.17. The van der Waals surface area contributed by atoms with E-state index in [-0.39, 0.29) is 16.6 Å². The average molecular weight is 629 g/mol. The van der Waals surface area contributed by atoms with Crippen LogP contribution in [0.5, 0.6) is 5.75 Å². The number of rotatable bonds is 5. The zero-order chi connectivity index (χ0) is 33.6. The monoisotopic (exact) mass is 628 g/mol. The highest BCUT2D eigenvalue weighted by Gasteiger charge is 2.28. The van der Waals surface area contributed by atoms with Crippen LogP contribution in [-0.2, 0) is 10.8 Å². The third-order valence-corrected chi connectivity index (χ3v) is 8.92. The first-order valence-electron chi connectivity index (χ1n) is 16.4. The number of pyridine rings is 2. The molecule has 5 nitrogen and oxygen atoms in total. The zero-order valence-electron chi connectivity index (χ0n) is 28.4. The van der Waals surface area contributed by atoms with Crippen LogP contribution < -0.4 is 0 Å². The molecule has 0 aliphatic rings. The van der Waals surface area contributed by atoms with Gasteiger partial charge in [-0.25, -0.2) is 4.98 Å². The van der Waals surface area contributed by atoms with Crippen LogP contribution in [0.1, 0.15) is 52.7 Å². The molecule has 7 aromatic rings. The quantitative estimate of drug-likeness (QED) is 0.206. The highest BCUT2D eigenvalue weighted by molar-refractivity contribution is 5.97. The zero-order valence-corrected chi connectivity index (χ0v) is 28.4. The summed E-state index contributed by atoms with van der Waals surface area (Å²) in [5.41, 5.74) is 10.9. The van der Waals surface area contributed by atoms with Crippen molar-refractivity contribution in [1.82, 2.24) is 19.5 Å². The Hall–Kier alpha value is -5.55. The van der Waals surface area contributed by atoms with Gasteiger partial charge in [0.25, 0.3) is 0 Å². The van der Waals surface area contributed by atoms with Crippen molar-refractivity contribution in [3.05, 3.63) is 139 Å². The third kappa shape index (κ3) is 5.77. The molecule has 0 fully saturated rings. The molecule has 0 unspecified atom stereocenters. The molecule has 3 aromatic heterocycles. The smallest absolute Gasteiger partial charge is 0.149 e. The van der Waals surface area contributed by atoms with E-state index in [1.54, 1.807) is 0 Å². The standard InChI is InChI=1S/C43H40N4O/c1-42(2,3)32-24-34(40(48)36(25-32)43(4,5)6)41-46-39-35(26-44-27-38(39)47(41)33-17-11-8-12-18-33)30-21-29(28-15-9-7-10-16-28)22-31(23-30)37-19-13-14-20-45-37/h7-27,48H,1-6H3. The van der Waals surface area contributed by atoms with Gasteiger partial charge < -0.3 is 5.11 Å². The topological polar surface area (TPSA) is 63.8 Å². The minimum atomic E-state index is -0.282. The summed E-state index contributed by atoms with van der Waals surface area (Å²) in [6, 6.07) is 37.4. The van der Waals surface area contributed by atoms with Crippen molar-refractivity contribution in [2.24, 2.45) is 0 Å². The van der Waals surface area contributed by atoms with Crippen LogP contribution in [0.4, 0.5) is 0 Å². The number of phenolic OH excluding ortho intramolecular Hbond substituents is 1. The first kappa shape index (κ1) is 31.1. The van der Waals surface area contributed by atoms with Gasteiger partial charge in [0.15, 0.2) is 0 Å². The van der Waals surface area contributed by atoms with E-state index >= 15 is 0 Å². The van der Waals surface area contributed by atoms with E-state index < -0.39 is 0 Å². The molecular formula is C43H40N4O. The van der Waals surface area contributed by atoms with Crippen LogP contribution >= 0.6 is 0 Å². The van der Waals surface area contributed by atoms with Gasteiger partial charge in [-0.05, 0) is 81.6 Å². The number of hydrogen-bond donors (Lipinski definition) is 1. The fourth-order valence-corrected chi connectivity index (χ4v) is 6.30. The Balaban J connectivity index is 1.55. The van der Waals surface area contributed by atoms with Crippen molar-refractivity contribution >= 4 is 11.0 Å². The molecule has 5 heteroatoms. The second kappa shape index (κ2) is 11.9. The maximum atomic E-state index is 12.0. The van der Waals surface area contributed by atoms with Gasteiger partial charge in [0.1, 0.15) is 17.1 Å². The molecule has 0 radical (unpaired) electrons. The first-order chi connectivity index (χ1) is 23.0. The lowest BCUT2D eigenvalue weighted by atomic mass is 9.79. The van der Waals surface area contributed by atoms with E-state index in [0.29, 0.717) is 11.4 Å². The maximum absolute atomic E-state index is 12.0. The van der Waals surface area contributed by atoms with Crippen molar-refractivity contribution in [2.45, 2.75) is 52.4 Å². The number of fused-ring (bicyclic) bond motifs is 1. The Morgan fingerprint density at radius 1 is 0.604 bits per heavy atom. The molecule has 4 aromatic carbocycles. The number of imidazole rings is 1. The van der Waals surface area contributed by atoms with Crippen LogP contribution in [0.25, 0.3) is 61.6 Å². The van der Waals surface area contributed by atoms with E-state index in [4.69, 9.17) is 9.97 Å². The van der Waals surface area contributed by atoms with Crippen molar-refractivity contribution < 1.29 is 5.11 Å². The Morgan fingerprint density at radius 2 is 1.27 bits per heavy atom. The highest BCUT2D eigenvalue weighted by Crippen LogP contribution is 2.44. The Bertz CT molecular complexity index is 2180. The molecule has 0 spiro atoms. The SMILES string of the molecule is CC(C)(C)c1cc(-c2nc3c(-c4cc(-c5ccccc5)cc(-c5ccccn5)c4)cncc3n2-c2ccccc2)c(O)c(C(C)(C)C)c1. The van der Waals surface area contributed by atoms with E-state index in [0.717, 1.165) is 61.4 Å². The molecular weight excluding hydrogens is 589 g/mol. The van der Waals surface area contributed by atoms with Crippen molar-refractivity contribution in [3.63, 3.8) is 0 Å². The summed E-state index contributed by atoms with van der Waals surface area (Å²) < 4.78 is 2.13. The number of phenols is 1. The summed E-state index contributed by atoms with van der Waals surface area (Å²) in [4.78, 5) is 14.9. The summed E-state index contributed by atoms with van der Waals surface area (Å²) >= 11 is 0. The van der Waals surface area contributed by atoms with Gasteiger partial charge in [-0.3, -0.25) is 14.5 Å². The largest absolute Gasteiger partial charge is 0.507 e. The van der Waals surface area contributed by atoms with Gasteiger partial charge in [0.05, 0.1) is 23.0 Å². The molecule has 0 aliphatic heterocycles. The van der Waals surface area contributed by atoms with Gasteiger partial charge >= 0.3 is 0 Å². The van der Waals surface area contributed by atoms with Gasteiger partial charge in [0.2, 0.25) is 0 Å². The Kier molecular flexibility index (Phi) is 7.71. The fraction of sp³-hybridized carbons (Fsp3) is 0.186. The predicted octanol–water partition coefficient (Wildman–Crippen LogP) is 10.8. The lowest BCUT2D eigenvalue weighted by molar-refractivity contribution is 0.446. The predicted molar refractivity (Wildman–Crippen MR) is 197 cm³/mol. The summed E-state index contributed by atoms with van der Waals surface area (Å²) in [6.45, 7) is 13.0. The molecule has 7 rings (SSSR count). The van der Waals surface area contributed by atoms with Gasteiger partial charge in [-0.1, -0.05) is 102 Å². The molecule has 0 saturated heterocycles. The Morgan fingerprint density at radius 3 is 1.94 bits per heavy atom. The van der Waals surface area contributed by atoms with Crippen LogP contribution in [0, 0.1) is 0 Å². The third-order valence-electron chi connectivity index (χ3n) is 8.92. The number of aromatic nitrogens is 4. The van der Waals surface area contributed by atoms with Crippen LogP contribution in [0.3, 0.4) is 0 Å². The lowest BCUT2D eigenvalue weighted by Gasteiger charge is -2.27. The van der Waals surface area contributed by atoms with E-state index in [9.17, 15) is 5.11 Å². The minimum Gasteiger partial charge on any atom is -0.507 e. The summed E-state index contributed by atoms with van der Waals surface area (Å²) in [5, 5.41) is 12.0. The minimum absolute atomic E-state index is 0.140. The molecule has 238 valence electrons. The molecule has 0 saturated carbocycles. The van der Waals surface area contributed by atoms with Gasteiger partial charge in [-0.2, -0.15) is 0 Å². The second-order valence-electron chi connectivity index (χ2n) is 14.5. The van der Waals surface area contributed by atoms with Crippen LogP contribution in [0.2, 0.25) is 0 Å². The molecule has 48 heavy (non-hydrogen) atoms. The molecule has 0 amide bonds. The molecule has 0 atom stereocenters. The number of para-hydroxylation sites is 1. The van der Waals surface area contributed by atoms with Crippen molar-refractivity contribution in [1.29, 1.82) is 0 Å². The fourth-order valence-electron chi connectivity index (χ4n) is 6.30. The molecule has 0 bridgehead atoms. The van der Waals surface area contributed by atoms with Crippen LogP contribution in [0.15, 0.2) is 128 Å². The van der Waals surface area contributed by atoms with Gasteiger partial charge in [-0.15, -0.1) is 0 Å². The van der Waals surface area contributed by atoms with E-state index in [1.165, 1.54) is 0 Å². The van der Waals surface area contributed by atoms with Crippen LogP contribution in [-0.4, -0.2) is 24.6 Å². The number of benzene rings is 4. The van der Waals surface area contributed by atoms with Crippen molar-refractivity contribution in [2.75, 3.05) is 0 Å². The second-order valence-corrected chi connectivity index (χ2v) is 14.5. The summed E-state index contributed by atoms with van der Waals surface area (Å²) in [6.07, 6.45) is 5.59. The molecule has 3 heterocycles. The normalized spacial score (nSPS) is 12.0. The number of hydrogen-bond acceptors (Lipinski definition) is 4. The van der Waals surface area contributed by atoms with Crippen molar-refractivity contribution in [3.8, 4) is 56.3 Å². The molecule has 1 N–H and O–H groups in total. The number of aromatic hydroxyl groups is 1. The van der Waals surface area contributed by atoms with E-state index in [1.807, 2.05) is 61.1 Å². The first-order valence-corrected chi connectivity index (χ1v) is 16.4. The number of nitrogens with zero attached hydrogens (tertiary/aromatic N) is 4.